The highest BCUT2D eigenvalue weighted by molar-refractivity contribution is 5.99. The maximum absolute atomic E-state index is 12.3. The van der Waals surface area contributed by atoms with Crippen LogP contribution in [0, 0.1) is 6.92 Å². The molecular weight excluding hydrogens is 292 g/mol. The molecule has 0 bridgehead atoms. The highest BCUT2D eigenvalue weighted by atomic mass is 16.5. The van der Waals surface area contributed by atoms with Crippen LogP contribution in [0.4, 0.5) is 5.69 Å². The first kappa shape index (κ1) is 16.5. The third kappa shape index (κ3) is 4.57. The number of carbonyl (C=O) groups is 2. The van der Waals surface area contributed by atoms with E-state index in [0.29, 0.717) is 11.3 Å². The Kier molecular flexibility index (Phi) is 5.36. The fourth-order valence-corrected chi connectivity index (χ4v) is 2.08. The van der Waals surface area contributed by atoms with Gasteiger partial charge in [-0.15, -0.1) is 0 Å². The second-order valence-corrected chi connectivity index (χ2v) is 5.30. The Labute approximate surface area is 135 Å². The number of hydrogen-bond acceptors (Lipinski definition) is 3. The highest BCUT2D eigenvalue weighted by Gasteiger charge is 2.14. The van der Waals surface area contributed by atoms with Crippen LogP contribution in [-0.2, 0) is 4.79 Å². The van der Waals surface area contributed by atoms with Gasteiger partial charge in [0.15, 0.2) is 0 Å². The van der Waals surface area contributed by atoms with E-state index >= 15 is 0 Å². The molecule has 0 aliphatic heterocycles. The molecule has 1 N–H and O–H groups in total. The third-order valence-electron chi connectivity index (χ3n) is 3.40. The molecular formula is C18H20N2O3. The Hall–Kier alpha value is -2.82. The van der Waals surface area contributed by atoms with Gasteiger partial charge in [0.2, 0.25) is 5.91 Å². The van der Waals surface area contributed by atoms with E-state index in [1.807, 2.05) is 19.1 Å². The lowest BCUT2D eigenvalue weighted by Crippen LogP contribution is -2.34. The Bertz CT molecular complexity index is 678. The van der Waals surface area contributed by atoms with Crippen molar-refractivity contribution in [1.82, 2.24) is 4.90 Å². The lowest BCUT2D eigenvalue weighted by Gasteiger charge is -2.17. The van der Waals surface area contributed by atoms with Crippen molar-refractivity contribution in [3.63, 3.8) is 0 Å². The fraction of sp³-hybridized carbons (Fsp3) is 0.222. The monoisotopic (exact) mass is 312 g/mol. The number of nitrogens with zero attached hydrogens (tertiary/aromatic N) is 1. The van der Waals surface area contributed by atoms with E-state index in [1.54, 1.807) is 50.6 Å². The van der Waals surface area contributed by atoms with Crippen molar-refractivity contribution >= 4 is 17.5 Å². The van der Waals surface area contributed by atoms with Crippen molar-refractivity contribution in [2.24, 2.45) is 0 Å². The standard InChI is InChI=1S/C18H20N2O3/c1-13-4-6-14(7-5-13)18(22)20(2)12-17(21)19-15-8-10-16(23-3)11-9-15/h4-11H,12H2,1-3H3,(H,19,21). The summed E-state index contributed by atoms with van der Waals surface area (Å²) in [5.41, 5.74) is 2.31. The van der Waals surface area contributed by atoms with Gasteiger partial charge in [-0.1, -0.05) is 17.7 Å². The summed E-state index contributed by atoms with van der Waals surface area (Å²) in [7, 11) is 3.19. The van der Waals surface area contributed by atoms with Gasteiger partial charge in [-0.3, -0.25) is 9.59 Å². The van der Waals surface area contributed by atoms with E-state index in [1.165, 1.54) is 4.90 Å². The van der Waals surface area contributed by atoms with Gasteiger partial charge >= 0.3 is 0 Å². The summed E-state index contributed by atoms with van der Waals surface area (Å²) in [4.78, 5) is 25.7. The summed E-state index contributed by atoms with van der Waals surface area (Å²) in [5, 5.41) is 2.75. The van der Waals surface area contributed by atoms with Crippen LogP contribution >= 0.6 is 0 Å². The molecule has 2 amide bonds. The molecule has 0 fully saturated rings. The summed E-state index contributed by atoms with van der Waals surface area (Å²) < 4.78 is 5.06. The summed E-state index contributed by atoms with van der Waals surface area (Å²) in [6.45, 7) is 1.94. The van der Waals surface area contributed by atoms with Crippen LogP contribution in [-0.4, -0.2) is 37.4 Å². The van der Waals surface area contributed by atoms with Crippen molar-refractivity contribution in [2.75, 3.05) is 26.0 Å². The molecule has 0 saturated carbocycles. The average molecular weight is 312 g/mol. The number of ether oxygens (including phenoxy) is 1. The number of carbonyl (C=O) groups excluding carboxylic acids is 2. The van der Waals surface area contributed by atoms with E-state index in [9.17, 15) is 9.59 Å². The van der Waals surface area contributed by atoms with Gasteiger partial charge in [0, 0.05) is 18.3 Å². The Morgan fingerprint density at radius 3 is 2.22 bits per heavy atom. The van der Waals surface area contributed by atoms with Crippen LogP contribution in [0.3, 0.4) is 0 Å². The van der Waals surface area contributed by atoms with Crippen LogP contribution in [0.25, 0.3) is 0 Å². The molecule has 2 aromatic carbocycles. The maximum atomic E-state index is 12.3. The van der Waals surface area contributed by atoms with E-state index in [-0.39, 0.29) is 18.4 Å². The zero-order valence-corrected chi connectivity index (χ0v) is 13.5. The topological polar surface area (TPSA) is 58.6 Å². The van der Waals surface area contributed by atoms with Crippen molar-refractivity contribution in [3.8, 4) is 5.75 Å². The SMILES string of the molecule is COc1ccc(NC(=O)CN(C)C(=O)c2ccc(C)cc2)cc1. The van der Waals surface area contributed by atoms with Crippen molar-refractivity contribution in [3.05, 3.63) is 59.7 Å². The predicted octanol–water partition coefficient (Wildman–Crippen LogP) is 2.71. The Morgan fingerprint density at radius 2 is 1.65 bits per heavy atom. The van der Waals surface area contributed by atoms with E-state index in [0.717, 1.165) is 11.3 Å². The molecule has 0 radical (unpaired) electrons. The lowest BCUT2D eigenvalue weighted by molar-refractivity contribution is -0.116. The molecule has 0 spiro atoms. The molecule has 0 aromatic heterocycles. The zero-order chi connectivity index (χ0) is 16.8. The molecule has 0 aliphatic carbocycles. The molecule has 0 aliphatic rings. The molecule has 0 atom stereocenters. The smallest absolute Gasteiger partial charge is 0.254 e. The maximum Gasteiger partial charge on any atom is 0.254 e. The largest absolute Gasteiger partial charge is 0.497 e. The first-order valence-electron chi connectivity index (χ1n) is 7.25. The molecule has 2 rings (SSSR count). The molecule has 0 saturated heterocycles. The number of likely N-dealkylation sites (N-methyl/N-ethyl adjacent to an activating group) is 1. The van der Waals surface area contributed by atoms with Crippen LogP contribution < -0.4 is 10.1 Å². The molecule has 5 heteroatoms. The first-order valence-corrected chi connectivity index (χ1v) is 7.25. The van der Waals surface area contributed by atoms with Crippen molar-refractivity contribution in [1.29, 1.82) is 0 Å². The number of nitrogens with one attached hydrogen (secondary N) is 1. The van der Waals surface area contributed by atoms with Gasteiger partial charge in [0.1, 0.15) is 5.75 Å². The summed E-state index contributed by atoms with van der Waals surface area (Å²) >= 11 is 0. The lowest BCUT2D eigenvalue weighted by atomic mass is 10.1. The number of amides is 2. The van der Waals surface area contributed by atoms with Gasteiger partial charge < -0.3 is 15.0 Å². The minimum Gasteiger partial charge on any atom is -0.497 e. The van der Waals surface area contributed by atoms with Crippen molar-refractivity contribution in [2.45, 2.75) is 6.92 Å². The van der Waals surface area contributed by atoms with Gasteiger partial charge in [0.05, 0.1) is 13.7 Å². The van der Waals surface area contributed by atoms with E-state index < -0.39 is 0 Å². The normalized spacial score (nSPS) is 10.0. The molecule has 2 aromatic rings. The van der Waals surface area contributed by atoms with Crippen molar-refractivity contribution < 1.29 is 14.3 Å². The highest BCUT2D eigenvalue weighted by Crippen LogP contribution is 2.15. The average Bonchev–Trinajstić information content (AvgIpc) is 2.55. The van der Waals surface area contributed by atoms with E-state index in [2.05, 4.69) is 5.32 Å². The molecule has 120 valence electrons. The van der Waals surface area contributed by atoms with Gasteiger partial charge in [-0.2, -0.15) is 0 Å². The van der Waals surface area contributed by atoms with Gasteiger partial charge in [-0.25, -0.2) is 0 Å². The second kappa shape index (κ2) is 7.45. The third-order valence-corrected chi connectivity index (χ3v) is 3.40. The Morgan fingerprint density at radius 1 is 1.04 bits per heavy atom. The predicted molar refractivity (Wildman–Crippen MR) is 89.8 cm³/mol. The number of aryl methyl sites for hydroxylation is 1. The second-order valence-electron chi connectivity index (χ2n) is 5.30. The fourth-order valence-electron chi connectivity index (χ4n) is 2.08. The molecule has 5 nitrogen and oxygen atoms in total. The summed E-state index contributed by atoms with van der Waals surface area (Å²) in [6, 6.07) is 14.3. The Balaban J connectivity index is 1.93. The first-order chi connectivity index (χ1) is 11.0. The minimum atomic E-state index is -0.252. The van der Waals surface area contributed by atoms with Gasteiger partial charge in [-0.05, 0) is 43.3 Å². The van der Waals surface area contributed by atoms with E-state index in [4.69, 9.17) is 4.74 Å². The van der Waals surface area contributed by atoms with Crippen LogP contribution in [0.15, 0.2) is 48.5 Å². The zero-order valence-electron chi connectivity index (χ0n) is 13.5. The van der Waals surface area contributed by atoms with Crippen LogP contribution in [0.1, 0.15) is 15.9 Å². The summed E-state index contributed by atoms with van der Waals surface area (Å²) in [6.07, 6.45) is 0. The molecule has 0 unspecified atom stereocenters. The van der Waals surface area contributed by atoms with Gasteiger partial charge in [0.25, 0.3) is 5.91 Å². The van der Waals surface area contributed by atoms with Crippen LogP contribution in [0.5, 0.6) is 5.75 Å². The number of anilines is 1. The quantitative estimate of drug-likeness (QED) is 0.923. The molecule has 23 heavy (non-hydrogen) atoms. The number of benzene rings is 2. The number of methoxy groups -OCH3 is 1. The summed E-state index contributed by atoms with van der Waals surface area (Å²) in [5.74, 6) is 0.280. The number of rotatable bonds is 5. The van der Waals surface area contributed by atoms with Crippen LogP contribution in [0.2, 0.25) is 0 Å². The molecule has 0 heterocycles. The number of hydrogen-bond donors (Lipinski definition) is 1. The minimum absolute atomic E-state index is 0.0151.